The molecule has 6 heteroatoms. The number of thioether (sulfide) groups is 1. The highest BCUT2D eigenvalue weighted by Gasteiger charge is 2.25. The molecule has 1 amide bonds. The molecule has 24 heavy (non-hydrogen) atoms. The Labute approximate surface area is 145 Å². The maximum Gasteiger partial charge on any atom is 0.240 e. The molecule has 0 fully saturated rings. The van der Waals surface area contributed by atoms with Gasteiger partial charge in [-0.2, -0.15) is 0 Å². The fourth-order valence-corrected chi connectivity index (χ4v) is 3.54. The van der Waals surface area contributed by atoms with Crippen molar-refractivity contribution in [1.82, 2.24) is 15.0 Å². The number of para-hydroxylation sites is 1. The number of anilines is 1. The summed E-state index contributed by atoms with van der Waals surface area (Å²) in [7, 11) is 0. The summed E-state index contributed by atoms with van der Waals surface area (Å²) in [6, 6.07) is 13.6. The van der Waals surface area contributed by atoms with Crippen LogP contribution in [-0.4, -0.2) is 32.7 Å². The number of nitrogens with one attached hydrogen (secondary N) is 1. The van der Waals surface area contributed by atoms with E-state index in [-0.39, 0.29) is 11.2 Å². The highest BCUT2D eigenvalue weighted by molar-refractivity contribution is 8.00. The van der Waals surface area contributed by atoms with Gasteiger partial charge in [-0.3, -0.25) is 4.79 Å². The predicted molar refractivity (Wildman–Crippen MR) is 98.3 cm³/mol. The van der Waals surface area contributed by atoms with E-state index in [0.29, 0.717) is 12.2 Å². The van der Waals surface area contributed by atoms with E-state index in [1.807, 2.05) is 61.2 Å². The van der Waals surface area contributed by atoms with Crippen LogP contribution in [-0.2, 0) is 4.79 Å². The van der Waals surface area contributed by atoms with E-state index in [1.54, 1.807) is 6.20 Å². The normalized spacial score (nSPS) is 12.2. The Bertz CT molecular complexity index is 785. The van der Waals surface area contributed by atoms with Crippen LogP contribution in [0.25, 0.3) is 11.2 Å². The lowest BCUT2D eigenvalue weighted by molar-refractivity contribution is -0.118. The molecule has 3 aromatic rings. The number of pyridine rings is 1. The first-order chi connectivity index (χ1) is 11.7. The molecule has 2 aromatic heterocycles. The molecule has 0 radical (unpaired) electrons. The molecule has 2 heterocycles. The number of nitrogens with zero attached hydrogens (tertiary/aromatic N) is 3. The Kier molecular flexibility index (Phi) is 5.15. The van der Waals surface area contributed by atoms with Crippen LogP contribution >= 0.6 is 11.8 Å². The summed E-state index contributed by atoms with van der Waals surface area (Å²) in [5.74, 6) is 0.101. The lowest BCUT2D eigenvalue weighted by Gasteiger charge is -2.25. The van der Waals surface area contributed by atoms with Gasteiger partial charge in [-0.05, 0) is 37.6 Å². The van der Waals surface area contributed by atoms with Gasteiger partial charge in [-0.15, -0.1) is 0 Å². The lowest BCUT2D eigenvalue weighted by atomic mass is 10.2. The van der Waals surface area contributed by atoms with Crippen molar-refractivity contribution in [2.24, 2.45) is 0 Å². The van der Waals surface area contributed by atoms with Crippen molar-refractivity contribution in [2.75, 3.05) is 11.4 Å². The number of amides is 1. The zero-order valence-electron chi connectivity index (χ0n) is 13.8. The number of hydrogen-bond acceptors (Lipinski definition) is 4. The molecule has 3 rings (SSSR count). The first-order valence-electron chi connectivity index (χ1n) is 8.06. The molecule has 0 saturated carbocycles. The third-order valence-corrected chi connectivity index (χ3v) is 5.02. The molecule has 0 aliphatic carbocycles. The standard InChI is InChI=1S/C18H20N4OS/c1-3-15(17(23)22(4-2)13-9-6-5-7-10-13)24-18-20-14-11-8-12-19-16(14)21-18/h5-12,15H,3-4H2,1-2H3,(H,19,20,21)/t15-/m0/s1. The fourth-order valence-electron chi connectivity index (χ4n) is 2.57. The van der Waals surface area contributed by atoms with Gasteiger partial charge >= 0.3 is 0 Å². The van der Waals surface area contributed by atoms with E-state index in [1.165, 1.54) is 11.8 Å². The fraction of sp³-hybridized carbons (Fsp3) is 0.278. The minimum Gasteiger partial charge on any atom is -0.332 e. The summed E-state index contributed by atoms with van der Waals surface area (Å²) in [6.07, 6.45) is 2.45. The number of imidazole rings is 1. The summed E-state index contributed by atoms with van der Waals surface area (Å²) in [4.78, 5) is 26.7. The van der Waals surface area contributed by atoms with E-state index in [9.17, 15) is 4.79 Å². The average Bonchev–Trinajstić information content (AvgIpc) is 3.03. The van der Waals surface area contributed by atoms with Crippen molar-refractivity contribution in [2.45, 2.75) is 30.7 Å². The van der Waals surface area contributed by atoms with E-state index in [4.69, 9.17) is 0 Å². The Morgan fingerprint density at radius 1 is 1.21 bits per heavy atom. The molecule has 0 spiro atoms. The molecule has 0 unspecified atom stereocenters. The monoisotopic (exact) mass is 340 g/mol. The van der Waals surface area contributed by atoms with Gasteiger partial charge in [0.05, 0.1) is 10.8 Å². The third-order valence-electron chi connectivity index (χ3n) is 3.79. The van der Waals surface area contributed by atoms with Gasteiger partial charge in [0.1, 0.15) is 0 Å². The molecule has 124 valence electrons. The number of aromatic amines is 1. The van der Waals surface area contributed by atoms with E-state index in [2.05, 4.69) is 15.0 Å². The van der Waals surface area contributed by atoms with E-state index >= 15 is 0 Å². The topological polar surface area (TPSA) is 61.9 Å². The highest BCUT2D eigenvalue weighted by atomic mass is 32.2. The number of hydrogen-bond donors (Lipinski definition) is 1. The van der Waals surface area contributed by atoms with E-state index < -0.39 is 0 Å². The Hall–Kier alpha value is -2.34. The second-order valence-corrected chi connectivity index (χ2v) is 6.54. The highest BCUT2D eigenvalue weighted by Crippen LogP contribution is 2.27. The molecular weight excluding hydrogens is 320 g/mol. The number of rotatable bonds is 6. The van der Waals surface area contributed by atoms with Crippen molar-refractivity contribution in [3.8, 4) is 0 Å². The minimum absolute atomic E-state index is 0.101. The van der Waals surface area contributed by atoms with E-state index in [0.717, 1.165) is 22.8 Å². The van der Waals surface area contributed by atoms with Gasteiger partial charge in [0.15, 0.2) is 10.8 Å². The zero-order valence-corrected chi connectivity index (χ0v) is 14.6. The zero-order chi connectivity index (χ0) is 16.9. The van der Waals surface area contributed by atoms with Crippen LogP contribution in [0, 0.1) is 0 Å². The second-order valence-electron chi connectivity index (χ2n) is 5.35. The lowest BCUT2D eigenvalue weighted by Crippen LogP contribution is -2.37. The van der Waals surface area contributed by atoms with Crippen LogP contribution in [0.2, 0.25) is 0 Å². The molecule has 0 bridgehead atoms. The molecule has 1 atom stereocenters. The minimum atomic E-state index is -0.189. The quantitative estimate of drug-likeness (QED) is 0.692. The molecule has 1 aromatic carbocycles. The Morgan fingerprint density at radius 2 is 2.00 bits per heavy atom. The third kappa shape index (κ3) is 3.43. The van der Waals surface area contributed by atoms with Crippen molar-refractivity contribution in [1.29, 1.82) is 0 Å². The van der Waals surface area contributed by atoms with Crippen LogP contribution in [0.15, 0.2) is 53.8 Å². The number of carbonyl (C=O) groups is 1. The molecule has 0 saturated heterocycles. The maximum absolute atomic E-state index is 13.0. The molecule has 0 aliphatic heterocycles. The van der Waals surface area contributed by atoms with Crippen LogP contribution < -0.4 is 4.90 Å². The molecule has 1 N–H and O–H groups in total. The average molecular weight is 340 g/mol. The van der Waals surface area contributed by atoms with Gasteiger partial charge in [0, 0.05) is 18.4 Å². The molecular formula is C18H20N4OS. The second kappa shape index (κ2) is 7.49. The van der Waals surface area contributed by atoms with Crippen molar-refractivity contribution >= 4 is 34.5 Å². The van der Waals surface area contributed by atoms with Gasteiger partial charge < -0.3 is 9.88 Å². The van der Waals surface area contributed by atoms with Gasteiger partial charge in [-0.1, -0.05) is 36.9 Å². The van der Waals surface area contributed by atoms with Gasteiger partial charge in [0.25, 0.3) is 0 Å². The van der Waals surface area contributed by atoms with Crippen molar-refractivity contribution < 1.29 is 4.79 Å². The first kappa shape index (κ1) is 16.5. The van der Waals surface area contributed by atoms with Crippen LogP contribution in [0.4, 0.5) is 5.69 Å². The number of aromatic nitrogens is 3. The summed E-state index contributed by atoms with van der Waals surface area (Å²) in [5, 5.41) is 0.540. The Balaban J connectivity index is 1.80. The van der Waals surface area contributed by atoms with Crippen LogP contribution in [0.1, 0.15) is 20.3 Å². The number of H-pyrrole nitrogens is 1. The summed E-state index contributed by atoms with van der Waals surface area (Å²) in [5.41, 5.74) is 2.49. The summed E-state index contributed by atoms with van der Waals surface area (Å²) >= 11 is 1.46. The van der Waals surface area contributed by atoms with Crippen LogP contribution in [0.5, 0.6) is 0 Å². The Morgan fingerprint density at radius 3 is 2.67 bits per heavy atom. The SMILES string of the molecule is CC[C@H](Sc1nc2ncccc2[nH]1)C(=O)N(CC)c1ccccc1. The van der Waals surface area contributed by atoms with Gasteiger partial charge in [0.2, 0.25) is 5.91 Å². The number of carbonyl (C=O) groups excluding carboxylic acids is 1. The number of benzene rings is 1. The predicted octanol–water partition coefficient (Wildman–Crippen LogP) is 3.88. The van der Waals surface area contributed by atoms with Crippen molar-refractivity contribution in [3.63, 3.8) is 0 Å². The molecule has 0 aliphatic rings. The number of fused-ring (bicyclic) bond motifs is 1. The summed E-state index contributed by atoms with van der Waals surface area (Å²) in [6.45, 7) is 4.66. The van der Waals surface area contributed by atoms with Gasteiger partial charge in [-0.25, -0.2) is 9.97 Å². The van der Waals surface area contributed by atoms with Crippen molar-refractivity contribution in [3.05, 3.63) is 48.7 Å². The maximum atomic E-state index is 13.0. The molecule has 5 nitrogen and oxygen atoms in total. The summed E-state index contributed by atoms with van der Waals surface area (Å²) < 4.78 is 0. The largest absolute Gasteiger partial charge is 0.332 e. The first-order valence-corrected chi connectivity index (χ1v) is 8.94. The smallest absolute Gasteiger partial charge is 0.240 e. The van der Waals surface area contributed by atoms with Crippen LogP contribution in [0.3, 0.4) is 0 Å².